The largest absolute Gasteiger partial charge is 0.459 e. The van der Waals surface area contributed by atoms with Gasteiger partial charge < -0.3 is 20.0 Å². The summed E-state index contributed by atoms with van der Waals surface area (Å²) >= 11 is 6.26. The van der Waals surface area contributed by atoms with Gasteiger partial charge in [0.1, 0.15) is 17.2 Å². The quantitative estimate of drug-likeness (QED) is 0.314. The van der Waals surface area contributed by atoms with Gasteiger partial charge in [0.15, 0.2) is 5.96 Å². The van der Waals surface area contributed by atoms with Crippen molar-refractivity contribution in [1.82, 2.24) is 15.6 Å². The molecule has 0 bridgehead atoms. The fourth-order valence-corrected chi connectivity index (χ4v) is 3.60. The first-order chi connectivity index (χ1) is 13.2. The van der Waals surface area contributed by atoms with E-state index in [9.17, 15) is 0 Å². The maximum atomic E-state index is 6.26. The number of aliphatic imine (C=N–C) groups is 1. The number of rotatable bonds is 4. The fraction of sp³-hybridized carbons (Fsp3) is 0.300. The number of halogens is 2. The minimum atomic E-state index is 0. The zero-order valence-electron chi connectivity index (χ0n) is 15.6. The standard InChI is InChI=1S/C20H22ClN5O.HI/c1-22-20(24-12-16-11-14-5-2-3-7-18(14)27-16)25-15-8-10-26(13-15)19-17(21)6-4-9-23-19;/h2-7,9,11,15H,8,10,12-13H2,1H3,(H2,22,24,25);1H. The van der Waals surface area contributed by atoms with Crippen molar-refractivity contribution >= 4 is 58.3 Å². The van der Waals surface area contributed by atoms with Crippen LogP contribution in [0.2, 0.25) is 5.02 Å². The van der Waals surface area contributed by atoms with Crippen molar-refractivity contribution in [3.8, 4) is 0 Å². The predicted octanol–water partition coefficient (Wildman–Crippen LogP) is 4.04. The molecule has 0 amide bonds. The zero-order valence-corrected chi connectivity index (χ0v) is 18.6. The minimum absolute atomic E-state index is 0. The van der Waals surface area contributed by atoms with Gasteiger partial charge in [-0.2, -0.15) is 0 Å². The van der Waals surface area contributed by atoms with Crippen LogP contribution in [0.3, 0.4) is 0 Å². The van der Waals surface area contributed by atoms with Crippen molar-refractivity contribution < 1.29 is 4.42 Å². The Labute approximate surface area is 186 Å². The number of hydrogen-bond donors (Lipinski definition) is 2. The molecule has 0 spiro atoms. The molecule has 0 saturated carbocycles. The highest BCUT2D eigenvalue weighted by Gasteiger charge is 2.25. The molecule has 148 valence electrons. The molecule has 1 aliphatic rings. The molecule has 1 aliphatic heterocycles. The number of anilines is 1. The lowest BCUT2D eigenvalue weighted by Crippen LogP contribution is -2.44. The number of pyridine rings is 1. The zero-order chi connectivity index (χ0) is 18.6. The first-order valence-corrected chi connectivity index (χ1v) is 9.41. The molecular formula is C20H23ClIN5O. The van der Waals surface area contributed by atoms with Crippen LogP contribution in [0.25, 0.3) is 11.0 Å². The fourth-order valence-electron chi connectivity index (χ4n) is 3.36. The predicted molar refractivity (Wildman–Crippen MR) is 125 cm³/mol. The van der Waals surface area contributed by atoms with Gasteiger partial charge in [0.25, 0.3) is 0 Å². The summed E-state index contributed by atoms with van der Waals surface area (Å²) in [6, 6.07) is 14.1. The first-order valence-electron chi connectivity index (χ1n) is 9.03. The second kappa shape index (κ2) is 9.47. The highest BCUT2D eigenvalue weighted by molar-refractivity contribution is 14.0. The number of aromatic nitrogens is 1. The lowest BCUT2D eigenvalue weighted by atomic mass is 10.2. The molecule has 8 heteroatoms. The van der Waals surface area contributed by atoms with Gasteiger partial charge in [-0.15, -0.1) is 24.0 Å². The normalized spacial score (nSPS) is 16.9. The van der Waals surface area contributed by atoms with Crippen molar-refractivity contribution in [1.29, 1.82) is 0 Å². The van der Waals surface area contributed by atoms with E-state index in [1.807, 2.05) is 36.4 Å². The molecule has 1 aromatic carbocycles. The number of hydrogen-bond acceptors (Lipinski definition) is 4. The van der Waals surface area contributed by atoms with E-state index in [-0.39, 0.29) is 30.0 Å². The van der Waals surface area contributed by atoms with Gasteiger partial charge >= 0.3 is 0 Å². The van der Waals surface area contributed by atoms with Gasteiger partial charge in [0.2, 0.25) is 0 Å². The average Bonchev–Trinajstić information content (AvgIpc) is 3.32. The van der Waals surface area contributed by atoms with E-state index >= 15 is 0 Å². The molecule has 1 atom stereocenters. The molecule has 1 saturated heterocycles. The third-order valence-electron chi connectivity index (χ3n) is 4.70. The minimum Gasteiger partial charge on any atom is -0.459 e. The maximum absolute atomic E-state index is 6.26. The van der Waals surface area contributed by atoms with Gasteiger partial charge in [-0.05, 0) is 30.7 Å². The van der Waals surface area contributed by atoms with Gasteiger partial charge in [-0.3, -0.25) is 4.99 Å². The van der Waals surface area contributed by atoms with Crippen LogP contribution < -0.4 is 15.5 Å². The summed E-state index contributed by atoms with van der Waals surface area (Å²) in [5.41, 5.74) is 0.899. The Morgan fingerprint density at radius 1 is 1.32 bits per heavy atom. The smallest absolute Gasteiger partial charge is 0.191 e. The van der Waals surface area contributed by atoms with E-state index in [0.717, 1.165) is 48.0 Å². The van der Waals surface area contributed by atoms with Crippen LogP contribution in [0.1, 0.15) is 12.2 Å². The number of nitrogens with one attached hydrogen (secondary N) is 2. The van der Waals surface area contributed by atoms with E-state index in [4.69, 9.17) is 16.0 Å². The summed E-state index contributed by atoms with van der Waals surface area (Å²) in [4.78, 5) is 10.9. The summed E-state index contributed by atoms with van der Waals surface area (Å²) in [5, 5.41) is 8.59. The summed E-state index contributed by atoms with van der Waals surface area (Å²) in [6.45, 7) is 2.33. The molecule has 4 rings (SSSR count). The Morgan fingerprint density at radius 3 is 2.96 bits per heavy atom. The van der Waals surface area contributed by atoms with Crippen LogP contribution in [0, 0.1) is 0 Å². The number of nitrogens with zero attached hydrogens (tertiary/aromatic N) is 3. The van der Waals surface area contributed by atoms with Crippen LogP contribution >= 0.6 is 35.6 Å². The third kappa shape index (κ3) is 4.70. The lowest BCUT2D eigenvalue weighted by molar-refractivity contribution is 0.535. The molecule has 3 aromatic rings. The van der Waals surface area contributed by atoms with Crippen LogP contribution in [-0.2, 0) is 6.54 Å². The van der Waals surface area contributed by atoms with Crippen molar-refractivity contribution in [2.24, 2.45) is 4.99 Å². The van der Waals surface area contributed by atoms with Crippen LogP contribution in [0.4, 0.5) is 5.82 Å². The Balaban J connectivity index is 0.00000225. The Kier molecular flexibility index (Phi) is 7.01. The maximum Gasteiger partial charge on any atom is 0.191 e. The summed E-state index contributed by atoms with van der Waals surface area (Å²) < 4.78 is 5.84. The number of para-hydroxylation sites is 1. The molecule has 1 fully saturated rings. The number of fused-ring (bicyclic) bond motifs is 1. The van der Waals surface area contributed by atoms with Gasteiger partial charge in [-0.1, -0.05) is 29.8 Å². The topological polar surface area (TPSA) is 65.7 Å². The third-order valence-corrected chi connectivity index (χ3v) is 4.99. The number of benzene rings is 1. The van der Waals surface area contributed by atoms with E-state index < -0.39 is 0 Å². The molecule has 0 aliphatic carbocycles. The van der Waals surface area contributed by atoms with Crippen molar-refractivity contribution in [2.45, 2.75) is 19.0 Å². The molecule has 28 heavy (non-hydrogen) atoms. The summed E-state index contributed by atoms with van der Waals surface area (Å²) in [6.07, 6.45) is 2.77. The highest BCUT2D eigenvalue weighted by atomic mass is 127. The molecule has 6 nitrogen and oxygen atoms in total. The Morgan fingerprint density at radius 2 is 2.18 bits per heavy atom. The van der Waals surface area contributed by atoms with E-state index in [1.54, 1.807) is 13.2 Å². The molecule has 2 aromatic heterocycles. The van der Waals surface area contributed by atoms with Crippen LogP contribution in [0.5, 0.6) is 0 Å². The van der Waals surface area contributed by atoms with Crippen LogP contribution in [-0.4, -0.2) is 37.1 Å². The molecule has 2 N–H and O–H groups in total. The average molecular weight is 512 g/mol. The first kappa shape index (κ1) is 20.7. The lowest BCUT2D eigenvalue weighted by Gasteiger charge is -2.20. The monoisotopic (exact) mass is 511 g/mol. The van der Waals surface area contributed by atoms with E-state index in [0.29, 0.717) is 11.6 Å². The van der Waals surface area contributed by atoms with Crippen molar-refractivity contribution in [3.05, 3.63) is 59.4 Å². The molecule has 1 unspecified atom stereocenters. The molecule has 3 heterocycles. The van der Waals surface area contributed by atoms with Gasteiger partial charge in [0, 0.05) is 37.8 Å². The number of guanidine groups is 1. The van der Waals surface area contributed by atoms with Crippen molar-refractivity contribution in [3.63, 3.8) is 0 Å². The highest BCUT2D eigenvalue weighted by Crippen LogP contribution is 2.25. The summed E-state index contributed by atoms with van der Waals surface area (Å²) in [7, 11) is 1.77. The SMILES string of the molecule is CN=C(NCc1cc2ccccc2o1)NC1CCN(c2ncccc2Cl)C1.I. The summed E-state index contributed by atoms with van der Waals surface area (Å²) in [5.74, 6) is 2.48. The van der Waals surface area contributed by atoms with Crippen molar-refractivity contribution in [2.75, 3.05) is 25.0 Å². The molecular weight excluding hydrogens is 489 g/mol. The molecule has 0 radical (unpaired) electrons. The Bertz CT molecular complexity index is 927. The van der Waals surface area contributed by atoms with E-state index in [2.05, 4.69) is 31.6 Å². The Hall–Kier alpha value is -2.00. The van der Waals surface area contributed by atoms with Gasteiger partial charge in [0.05, 0.1) is 11.6 Å². The number of furan rings is 1. The van der Waals surface area contributed by atoms with Gasteiger partial charge in [-0.25, -0.2) is 4.98 Å². The second-order valence-electron chi connectivity index (χ2n) is 6.56. The van der Waals surface area contributed by atoms with Crippen LogP contribution in [0.15, 0.2) is 58.1 Å². The second-order valence-corrected chi connectivity index (χ2v) is 6.97. The van der Waals surface area contributed by atoms with E-state index in [1.165, 1.54) is 0 Å².